The lowest BCUT2D eigenvalue weighted by Gasteiger charge is -1.92. The number of halogens is 2. The van der Waals surface area contributed by atoms with Crippen molar-refractivity contribution in [1.82, 2.24) is 5.27 Å². The number of anilines is 1. The molecule has 4 nitrogen and oxygen atoms in total. The molecule has 1 aromatic carbocycles. The molecule has 2 aromatic rings. The van der Waals surface area contributed by atoms with E-state index in [1.165, 1.54) is 0 Å². The topological polar surface area (TPSA) is 55.9 Å². The zero-order valence-corrected chi connectivity index (χ0v) is 10.2. The molecule has 6 heteroatoms. The Hall–Kier alpha value is -1.07. The van der Waals surface area contributed by atoms with Crippen LogP contribution in [0, 0.1) is 0 Å². The molecule has 0 atom stereocenters. The third-order valence-electron chi connectivity index (χ3n) is 1.79. The average molecular weight is 292 g/mol. The van der Waals surface area contributed by atoms with Gasteiger partial charge in [-0.25, -0.2) is 0 Å². The Labute approximate surface area is 102 Å². The summed E-state index contributed by atoms with van der Waals surface area (Å²) in [5.74, 6) is 0.321. The Kier molecular flexibility index (Phi) is 4.11. The molecule has 0 unspecified atom stereocenters. The first-order chi connectivity index (χ1) is 6.74. The van der Waals surface area contributed by atoms with Crippen LogP contribution in [0.15, 0.2) is 39.5 Å². The first-order valence-corrected chi connectivity index (χ1v) is 4.90. The monoisotopic (exact) mass is 290 g/mol. The Balaban J connectivity index is 0.00000112. The Morgan fingerprint density at radius 3 is 2.53 bits per heavy atom. The lowest BCUT2D eigenvalue weighted by Crippen LogP contribution is -2.35. The lowest BCUT2D eigenvalue weighted by molar-refractivity contribution is -0.754. The molecule has 1 heterocycles. The molecule has 0 spiro atoms. The summed E-state index contributed by atoms with van der Waals surface area (Å²) in [5, 5.41) is 3.74. The predicted octanol–water partition coefficient (Wildman–Crippen LogP) is 1.78. The number of hydrogen-bond donors (Lipinski definition) is 1. The highest BCUT2D eigenvalue weighted by Gasteiger charge is 2.08. The van der Waals surface area contributed by atoms with Crippen molar-refractivity contribution in [2.24, 2.45) is 0 Å². The number of rotatable bonds is 2. The van der Waals surface area contributed by atoms with Gasteiger partial charge in [-0.15, -0.1) is 12.4 Å². The lowest BCUT2D eigenvalue weighted by atomic mass is 10.2. The molecule has 2 rings (SSSR count). The van der Waals surface area contributed by atoms with Crippen LogP contribution >= 0.6 is 28.3 Å². The van der Waals surface area contributed by atoms with Crippen LogP contribution in [0.4, 0.5) is 5.88 Å². The van der Waals surface area contributed by atoms with Gasteiger partial charge in [-0.05, 0) is 16.8 Å². The molecule has 0 aliphatic carbocycles. The fraction of sp³-hybridized carbons (Fsp3) is 0.111. The summed E-state index contributed by atoms with van der Waals surface area (Å²) in [4.78, 5) is 0. The maximum absolute atomic E-state index is 5.40. The number of nitrogens with two attached hydrogens (primary N) is 1. The van der Waals surface area contributed by atoms with Crippen LogP contribution in [0.1, 0.15) is 5.56 Å². The second-order valence-corrected chi connectivity index (χ2v) is 3.84. The second-order valence-electron chi connectivity index (χ2n) is 2.93. The van der Waals surface area contributed by atoms with Crippen LogP contribution in [0.5, 0.6) is 0 Å². The van der Waals surface area contributed by atoms with E-state index >= 15 is 0 Å². The molecule has 0 saturated carbocycles. The number of nitrogens with zero attached hydrogens (tertiary/aromatic N) is 2. The molecule has 0 bridgehead atoms. The molecule has 15 heavy (non-hydrogen) atoms. The number of hydrogen-bond acceptors (Lipinski definition) is 3. The normalized spacial score (nSPS) is 9.67. The fourth-order valence-corrected chi connectivity index (χ4v) is 1.41. The highest BCUT2D eigenvalue weighted by molar-refractivity contribution is 9.10. The predicted molar refractivity (Wildman–Crippen MR) is 61.6 cm³/mol. The van der Waals surface area contributed by atoms with Crippen molar-refractivity contribution >= 4 is 34.2 Å². The minimum Gasteiger partial charge on any atom is -0.362 e. The van der Waals surface area contributed by atoms with Crippen molar-refractivity contribution in [2.75, 3.05) is 5.73 Å². The highest BCUT2D eigenvalue weighted by Crippen LogP contribution is 2.10. The van der Waals surface area contributed by atoms with E-state index in [4.69, 9.17) is 10.3 Å². The quantitative estimate of drug-likeness (QED) is 0.858. The Morgan fingerprint density at radius 1 is 1.33 bits per heavy atom. The number of nitrogen functional groups attached to an aromatic ring is 1. The molecule has 0 aliphatic rings. The molecule has 0 fully saturated rings. The van der Waals surface area contributed by atoms with Gasteiger partial charge in [-0.3, -0.25) is 4.52 Å². The molecule has 0 aliphatic heterocycles. The first kappa shape index (κ1) is 12.0. The van der Waals surface area contributed by atoms with E-state index < -0.39 is 0 Å². The molecular formula is C9H10BrClN3O+. The molecular weight excluding hydrogens is 281 g/mol. The fourth-order valence-electron chi connectivity index (χ4n) is 1.14. The average Bonchev–Trinajstić information content (AvgIpc) is 2.56. The van der Waals surface area contributed by atoms with Crippen molar-refractivity contribution in [3.05, 3.63) is 40.5 Å². The summed E-state index contributed by atoms with van der Waals surface area (Å²) >= 11 is 3.37. The summed E-state index contributed by atoms with van der Waals surface area (Å²) in [5.41, 5.74) is 6.54. The summed E-state index contributed by atoms with van der Waals surface area (Å²) in [6.07, 6.45) is 1.65. The third kappa shape index (κ3) is 3.21. The van der Waals surface area contributed by atoms with E-state index in [1.54, 1.807) is 10.9 Å². The standard InChI is InChI=1S/C9H9BrN3O.ClH/c10-8-3-1-7(2-4-8)5-13-6-9(11)14-12-13;/h1-4,6H,5,11H2;1H/q+1;. The molecule has 0 saturated heterocycles. The van der Waals surface area contributed by atoms with E-state index in [-0.39, 0.29) is 12.4 Å². The van der Waals surface area contributed by atoms with Crippen molar-refractivity contribution < 1.29 is 9.20 Å². The number of benzene rings is 1. The van der Waals surface area contributed by atoms with Crippen molar-refractivity contribution in [2.45, 2.75) is 6.54 Å². The largest absolute Gasteiger partial charge is 0.362 e. The zero-order valence-electron chi connectivity index (χ0n) is 7.76. The van der Waals surface area contributed by atoms with Gasteiger partial charge in [0.25, 0.3) is 12.1 Å². The van der Waals surface area contributed by atoms with Gasteiger partial charge in [-0.2, -0.15) is 0 Å². The van der Waals surface area contributed by atoms with Crippen molar-refractivity contribution in [3.63, 3.8) is 0 Å². The van der Waals surface area contributed by atoms with Gasteiger partial charge in [0.2, 0.25) is 11.8 Å². The van der Waals surface area contributed by atoms with Gasteiger partial charge in [0, 0.05) is 10.0 Å². The van der Waals surface area contributed by atoms with Gasteiger partial charge in [0.1, 0.15) is 0 Å². The summed E-state index contributed by atoms with van der Waals surface area (Å²) in [7, 11) is 0. The molecule has 80 valence electrons. The highest BCUT2D eigenvalue weighted by atomic mass is 79.9. The summed E-state index contributed by atoms with van der Waals surface area (Å²) < 4.78 is 7.45. The smallest absolute Gasteiger partial charge is 0.293 e. The van der Waals surface area contributed by atoms with Gasteiger partial charge < -0.3 is 5.73 Å². The van der Waals surface area contributed by atoms with E-state index in [0.29, 0.717) is 12.4 Å². The first-order valence-electron chi connectivity index (χ1n) is 4.10. The molecule has 0 amide bonds. The minimum absolute atomic E-state index is 0. The SMILES string of the molecule is Cl.Nc1c[n+](Cc2ccc(Br)cc2)no1. The molecule has 0 radical (unpaired) electrons. The van der Waals surface area contributed by atoms with E-state index in [2.05, 4.69) is 21.2 Å². The second kappa shape index (κ2) is 5.14. The third-order valence-corrected chi connectivity index (χ3v) is 2.31. The van der Waals surface area contributed by atoms with Crippen LogP contribution in [-0.4, -0.2) is 5.27 Å². The maximum Gasteiger partial charge on any atom is 0.293 e. The van der Waals surface area contributed by atoms with Crippen LogP contribution in [-0.2, 0) is 6.54 Å². The Morgan fingerprint density at radius 2 is 2.00 bits per heavy atom. The summed E-state index contributed by atoms with van der Waals surface area (Å²) in [6, 6.07) is 8.00. The van der Waals surface area contributed by atoms with Crippen molar-refractivity contribution in [1.29, 1.82) is 0 Å². The molecule has 1 aromatic heterocycles. The van der Waals surface area contributed by atoms with Gasteiger partial charge in [0.15, 0.2) is 0 Å². The van der Waals surface area contributed by atoms with Crippen LogP contribution in [0.3, 0.4) is 0 Å². The summed E-state index contributed by atoms with van der Waals surface area (Å²) in [6.45, 7) is 0.661. The van der Waals surface area contributed by atoms with Gasteiger partial charge >= 0.3 is 0 Å². The number of aromatic nitrogens is 2. The Bertz CT molecular complexity index is 429. The van der Waals surface area contributed by atoms with Crippen LogP contribution in [0.25, 0.3) is 0 Å². The zero-order chi connectivity index (χ0) is 9.97. The van der Waals surface area contributed by atoms with E-state index in [0.717, 1.165) is 10.0 Å². The minimum atomic E-state index is 0. The van der Waals surface area contributed by atoms with Crippen LogP contribution in [0.2, 0.25) is 0 Å². The van der Waals surface area contributed by atoms with E-state index in [1.807, 2.05) is 24.3 Å². The maximum atomic E-state index is 5.40. The van der Waals surface area contributed by atoms with Crippen molar-refractivity contribution in [3.8, 4) is 0 Å². The molecule has 2 N–H and O–H groups in total. The van der Waals surface area contributed by atoms with Gasteiger partial charge in [0.05, 0.1) is 0 Å². The van der Waals surface area contributed by atoms with E-state index in [9.17, 15) is 0 Å². The van der Waals surface area contributed by atoms with Crippen LogP contribution < -0.4 is 10.4 Å². The van der Waals surface area contributed by atoms with Gasteiger partial charge in [-0.1, -0.05) is 28.1 Å².